The number of hydrogen-bond donors (Lipinski definition) is 0. The Morgan fingerprint density at radius 2 is 1.97 bits per heavy atom. The molecule has 0 radical (unpaired) electrons. The number of rotatable bonds is 5. The van der Waals surface area contributed by atoms with Crippen LogP contribution in [0.25, 0.3) is 11.0 Å². The molecule has 0 bridgehead atoms. The molecule has 0 amide bonds. The fraction of sp³-hybridized carbons (Fsp3) is 0.200. The van der Waals surface area contributed by atoms with E-state index in [0.29, 0.717) is 12.2 Å². The van der Waals surface area contributed by atoms with Crippen molar-refractivity contribution < 1.29 is 14.3 Å². The molecule has 31 heavy (non-hydrogen) atoms. The molecule has 1 aliphatic heterocycles. The molecule has 3 aromatic carbocycles. The van der Waals surface area contributed by atoms with Crippen molar-refractivity contribution in [1.82, 2.24) is 9.55 Å². The number of para-hydroxylation sites is 2. The van der Waals surface area contributed by atoms with Crippen LogP contribution in [0.4, 0.5) is 0 Å². The number of aromatic nitrogens is 2. The third kappa shape index (κ3) is 3.79. The maximum Gasteiger partial charge on any atom is 0.337 e. The highest BCUT2D eigenvalue weighted by Gasteiger charge is 2.26. The number of aryl methyl sites for hydroxylation is 1. The third-order valence-corrected chi connectivity index (χ3v) is 6.84. The van der Waals surface area contributed by atoms with Crippen LogP contribution in [0.1, 0.15) is 32.3 Å². The Morgan fingerprint density at radius 3 is 2.87 bits per heavy atom. The summed E-state index contributed by atoms with van der Waals surface area (Å²) in [5.41, 5.74) is 6.09. The topological polar surface area (TPSA) is 53.4 Å². The predicted octanol–water partition coefficient (Wildman–Crippen LogP) is 5.24. The summed E-state index contributed by atoms with van der Waals surface area (Å²) in [5.74, 6) is 1.37. The monoisotopic (exact) mass is 430 g/mol. The number of benzene rings is 3. The fourth-order valence-electron chi connectivity index (χ4n) is 4.01. The molecule has 1 aliphatic rings. The molecular formula is C25H22N2O3S. The molecule has 0 saturated heterocycles. The molecule has 5 rings (SSSR count). The summed E-state index contributed by atoms with van der Waals surface area (Å²) in [6, 6.07) is 22.1. The standard InChI is InChI=1S/C25H22N2O3S/c1-29-25(28)17-10-11-23-20(14-17)24(19-7-3-2-6-18(19)15-30-23)31-13-12-27-16-26-21-8-4-5-9-22(21)27/h2-11,14,16,24H,12-13,15H2,1H3. The van der Waals surface area contributed by atoms with E-state index in [1.54, 1.807) is 6.07 Å². The van der Waals surface area contributed by atoms with Crippen molar-refractivity contribution in [3.05, 3.63) is 95.3 Å². The summed E-state index contributed by atoms with van der Waals surface area (Å²) in [4.78, 5) is 16.6. The fourth-order valence-corrected chi connectivity index (χ4v) is 5.32. The summed E-state index contributed by atoms with van der Waals surface area (Å²) in [5, 5.41) is 0.0630. The Hall–Kier alpha value is -3.25. The van der Waals surface area contributed by atoms with Crippen molar-refractivity contribution in [1.29, 1.82) is 0 Å². The Kier molecular flexibility index (Phi) is 5.38. The van der Waals surface area contributed by atoms with Crippen molar-refractivity contribution in [2.75, 3.05) is 12.9 Å². The zero-order valence-corrected chi connectivity index (χ0v) is 18.0. The number of ether oxygens (including phenoxy) is 2. The maximum absolute atomic E-state index is 12.2. The lowest BCUT2D eigenvalue weighted by atomic mass is 9.98. The molecule has 0 N–H and O–H groups in total. The first-order valence-electron chi connectivity index (χ1n) is 10.2. The van der Waals surface area contributed by atoms with E-state index < -0.39 is 0 Å². The van der Waals surface area contributed by atoms with Gasteiger partial charge in [-0.15, -0.1) is 11.8 Å². The van der Waals surface area contributed by atoms with Crippen LogP contribution in [0.5, 0.6) is 5.75 Å². The van der Waals surface area contributed by atoms with Gasteiger partial charge in [0.25, 0.3) is 0 Å². The zero-order chi connectivity index (χ0) is 21.2. The van der Waals surface area contributed by atoms with Crippen LogP contribution in [-0.4, -0.2) is 28.4 Å². The van der Waals surface area contributed by atoms with E-state index in [1.807, 2.05) is 54.5 Å². The van der Waals surface area contributed by atoms with Gasteiger partial charge in [-0.05, 0) is 41.5 Å². The molecule has 4 aromatic rings. The Balaban J connectivity index is 1.47. The van der Waals surface area contributed by atoms with Crippen LogP contribution >= 0.6 is 11.8 Å². The van der Waals surface area contributed by atoms with Gasteiger partial charge in [0.05, 0.1) is 35.3 Å². The van der Waals surface area contributed by atoms with Gasteiger partial charge in [0.2, 0.25) is 0 Å². The van der Waals surface area contributed by atoms with Crippen LogP contribution in [0.2, 0.25) is 0 Å². The molecule has 0 aliphatic carbocycles. The summed E-state index contributed by atoms with van der Waals surface area (Å²) < 4.78 is 13.2. The van der Waals surface area contributed by atoms with Crippen LogP contribution in [0.15, 0.2) is 73.1 Å². The maximum atomic E-state index is 12.2. The van der Waals surface area contributed by atoms with Gasteiger partial charge in [-0.2, -0.15) is 0 Å². The summed E-state index contributed by atoms with van der Waals surface area (Å²) in [6.45, 7) is 1.36. The Morgan fingerprint density at radius 1 is 1.13 bits per heavy atom. The second kappa shape index (κ2) is 8.47. The van der Waals surface area contributed by atoms with E-state index in [2.05, 4.69) is 33.8 Å². The quantitative estimate of drug-likeness (QED) is 0.406. The minimum absolute atomic E-state index is 0.0630. The van der Waals surface area contributed by atoms with E-state index in [4.69, 9.17) is 9.47 Å². The van der Waals surface area contributed by atoms with Gasteiger partial charge in [-0.25, -0.2) is 9.78 Å². The van der Waals surface area contributed by atoms with E-state index in [0.717, 1.165) is 34.6 Å². The van der Waals surface area contributed by atoms with Crippen LogP contribution in [-0.2, 0) is 17.9 Å². The lowest BCUT2D eigenvalue weighted by molar-refractivity contribution is 0.0600. The number of nitrogens with zero attached hydrogens (tertiary/aromatic N) is 2. The smallest absolute Gasteiger partial charge is 0.337 e. The molecule has 156 valence electrons. The van der Waals surface area contributed by atoms with Gasteiger partial charge in [0.1, 0.15) is 12.4 Å². The van der Waals surface area contributed by atoms with Crippen LogP contribution < -0.4 is 4.74 Å². The van der Waals surface area contributed by atoms with Gasteiger partial charge < -0.3 is 14.0 Å². The first-order valence-corrected chi connectivity index (χ1v) is 11.2. The molecule has 5 nitrogen and oxygen atoms in total. The Labute approximate surface area is 185 Å². The highest BCUT2D eigenvalue weighted by molar-refractivity contribution is 7.99. The first kappa shape index (κ1) is 19.7. The van der Waals surface area contributed by atoms with Gasteiger partial charge in [0.15, 0.2) is 0 Å². The molecule has 0 fully saturated rings. The number of fused-ring (bicyclic) bond motifs is 3. The summed E-state index contributed by atoms with van der Waals surface area (Å²) >= 11 is 1.85. The molecule has 1 unspecified atom stereocenters. The van der Waals surface area contributed by atoms with Gasteiger partial charge in [0, 0.05) is 17.9 Å². The number of hydrogen-bond acceptors (Lipinski definition) is 5. The number of thioether (sulfide) groups is 1. The second-order valence-corrected chi connectivity index (χ2v) is 8.62. The SMILES string of the molecule is COC(=O)c1ccc2c(c1)C(SCCn1cnc3ccccc31)c1ccccc1CO2. The van der Waals surface area contributed by atoms with Gasteiger partial charge in [-0.3, -0.25) is 0 Å². The molecule has 0 saturated carbocycles. The summed E-state index contributed by atoms with van der Waals surface area (Å²) in [7, 11) is 1.40. The van der Waals surface area contributed by atoms with Crippen molar-refractivity contribution in [2.45, 2.75) is 18.4 Å². The minimum Gasteiger partial charge on any atom is -0.489 e. The molecular weight excluding hydrogens is 408 g/mol. The minimum atomic E-state index is -0.339. The first-order chi connectivity index (χ1) is 15.2. The van der Waals surface area contributed by atoms with Crippen molar-refractivity contribution in [2.24, 2.45) is 0 Å². The average molecular weight is 431 g/mol. The van der Waals surface area contributed by atoms with Gasteiger partial charge >= 0.3 is 5.97 Å². The lowest BCUT2D eigenvalue weighted by Gasteiger charge is -2.19. The third-order valence-electron chi connectivity index (χ3n) is 5.58. The number of methoxy groups -OCH3 is 1. The zero-order valence-electron chi connectivity index (χ0n) is 17.2. The highest BCUT2D eigenvalue weighted by atomic mass is 32.2. The molecule has 0 spiro atoms. The predicted molar refractivity (Wildman–Crippen MR) is 123 cm³/mol. The number of carbonyl (C=O) groups excluding carboxylic acids is 1. The van der Waals surface area contributed by atoms with E-state index in [9.17, 15) is 4.79 Å². The van der Waals surface area contributed by atoms with Crippen LogP contribution in [0, 0.1) is 0 Å². The van der Waals surface area contributed by atoms with Crippen molar-refractivity contribution in [3.63, 3.8) is 0 Å². The number of carbonyl (C=O) groups is 1. The summed E-state index contributed by atoms with van der Waals surface area (Å²) in [6.07, 6.45) is 1.90. The van der Waals surface area contributed by atoms with Crippen molar-refractivity contribution >= 4 is 28.8 Å². The molecule has 1 atom stereocenters. The molecule has 1 aromatic heterocycles. The average Bonchev–Trinajstić information content (AvgIpc) is 3.16. The van der Waals surface area contributed by atoms with Gasteiger partial charge in [-0.1, -0.05) is 36.4 Å². The normalized spacial score (nSPS) is 14.9. The Bertz CT molecular complexity index is 1250. The highest BCUT2D eigenvalue weighted by Crippen LogP contribution is 2.44. The molecule has 2 heterocycles. The largest absolute Gasteiger partial charge is 0.489 e. The number of esters is 1. The molecule has 6 heteroatoms. The van der Waals surface area contributed by atoms with Crippen molar-refractivity contribution in [3.8, 4) is 5.75 Å². The number of imidazole rings is 1. The van der Waals surface area contributed by atoms with E-state index in [1.165, 1.54) is 18.2 Å². The van der Waals surface area contributed by atoms with E-state index in [-0.39, 0.29) is 11.2 Å². The second-order valence-electron chi connectivity index (χ2n) is 7.41. The lowest BCUT2D eigenvalue weighted by Crippen LogP contribution is -2.06. The van der Waals surface area contributed by atoms with E-state index >= 15 is 0 Å². The van der Waals surface area contributed by atoms with Crippen LogP contribution in [0.3, 0.4) is 0 Å².